The predicted molar refractivity (Wildman–Crippen MR) is 104 cm³/mol. The van der Waals surface area contributed by atoms with Gasteiger partial charge in [-0.1, -0.05) is 12.1 Å². The number of benzene rings is 1. The van der Waals surface area contributed by atoms with Crippen LogP contribution < -0.4 is 10.7 Å². The van der Waals surface area contributed by atoms with Crippen LogP contribution in [0.1, 0.15) is 13.8 Å². The van der Waals surface area contributed by atoms with E-state index in [9.17, 15) is 13.2 Å². The van der Waals surface area contributed by atoms with Crippen molar-refractivity contribution in [3.8, 4) is 11.1 Å². The number of aromatic nitrogens is 2. The summed E-state index contributed by atoms with van der Waals surface area (Å²) in [5.74, 6) is -0.628. The van der Waals surface area contributed by atoms with E-state index in [-0.39, 0.29) is 16.6 Å². The van der Waals surface area contributed by atoms with Crippen LogP contribution in [0.2, 0.25) is 0 Å². The van der Waals surface area contributed by atoms with Gasteiger partial charge in [0.1, 0.15) is 6.10 Å². The molecule has 3 heterocycles. The Morgan fingerprint density at radius 3 is 2.57 bits per heavy atom. The molecule has 0 spiro atoms. The minimum Gasteiger partial charge on any atom is -0.348 e. The summed E-state index contributed by atoms with van der Waals surface area (Å²) in [5, 5.41) is 5.70. The van der Waals surface area contributed by atoms with Crippen LogP contribution in [0.15, 0.2) is 52.4 Å². The van der Waals surface area contributed by atoms with Crippen LogP contribution in [0.5, 0.6) is 0 Å². The number of primary sulfonamides is 1. The van der Waals surface area contributed by atoms with E-state index < -0.39 is 15.8 Å². The van der Waals surface area contributed by atoms with E-state index in [0.717, 1.165) is 11.1 Å². The van der Waals surface area contributed by atoms with Crippen molar-refractivity contribution in [1.82, 2.24) is 9.55 Å². The Morgan fingerprint density at radius 1 is 1.25 bits per heavy atom. The third-order valence-corrected chi connectivity index (χ3v) is 5.69. The van der Waals surface area contributed by atoms with Gasteiger partial charge in [0.15, 0.2) is 5.79 Å². The van der Waals surface area contributed by atoms with Gasteiger partial charge in [-0.2, -0.15) is 0 Å². The zero-order valence-corrected chi connectivity index (χ0v) is 16.3. The maximum absolute atomic E-state index is 12.5. The summed E-state index contributed by atoms with van der Waals surface area (Å²) >= 11 is 0. The molecule has 1 atom stereocenters. The Balaban J connectivity index is 1.78. The number of rotatable bonds is 4. The topological polar surface area (TPSA) is 116 Å². The van der Waals surface area contributed by atoms with Crippen molar-refractivity contribution < 1.29 is 17.9 Å². The van der Waals surface area contributed by atoms with E-state index >= 15 is 0 Å². The van der Waals surface area contributed by atoms with E-state index in [1.807, 2.05) is 30.7 Å². The maximum atomic E-state index is 12.5. The SMILES string of the molecule is CC1(C)OCC(Cn2cc(-c3ccc(S(N)(=O)=O)cc3)c3c(=O)[nH]ccc32)O1. The highest BCUT2D eigenvalue weighted by atomic mass is 32.2. The lowest BCUT2D eigenvalue weighted by molar-refractivity contribution is -0.139. The molecule has 28 heavy (non-hydrogen) atoms. The molecule has 1 saturated heterocycles. The molecule has 4 rings (SSSR count). The molecule has 0 bridgehead atoms. The molecule has 148 valence electrons. The monoisotopic (exact) mass is 403 g/mol. The van der Waals surface area contributed by atoms with E-state index in [4.69, 9.17) is 14.6 Å². The van der Waals surface area contributed by atoms with Gasteiger partial charge in [0.25, 0.3) is 5.56 Å². The second kappa shape index (κ2) is 6.56. The van der Waals surface area contributed by atoms with Gasteiger partial charge >= 0.3 is 0 Å². The van der Waals surface area contributed by atoms with Crippen molar-refractivity contribution in [2.75, 3.05) is 6.61 Å². The summed E-state index contributed by atoms with van der Waals surface area (Å²) < 4.78 is 36.5. The number of nitrogens with one attached hydrogen (secondary N) is 1. The van der Waals surface area contributed by atoms with Crippen LogP contribution in [-0.4, -0.2) is 36.5 Å². The molecule has 3 aromatic rings. The molecule has 1 aliphatic rings. The molecule has 1 fully saturated rings. The first kappa shape index (κ1) is 18.9. The number of hydrogen-bond donors (Lipinski definition) is 2. The molecule has 0 amide bonds. The lowest BCUT2D eigenvalue weighted by atomic mass is 10.1. The summed E-state index contributed by atoms with van der Waals surface area (Å²) in [6, 6.07) is 7.98. The first-order valence-electron chi connectivity index (χ1n) is 8.80. The quantitative estimate of drug-likeness (QED) is 0.689. The minimum atomic E-state index is -3.78. The molecule has 1 aromatic carbocycles. The number of aromatic amines is 1. The smallest absolute Gasteiger partial charge is 0.258 e. The van der Waals surface area contributed by atoms with Gasteiger partial charge in [0, 0.05) is 18.0 Å². The summed E-state index contributed by atoms with van der Waals surface area (Å²) in [4.78, 5) is 15.2. The van der Waals surface area contributed by atoms with E-state index in [1.54, 1.807) is 18.3 Å². The number of fused-ring (bicyclic) bond motifs is 1. The lowest BCUT2D eigenvalue weighted by Crippen LogP contribution is -2.24. The fourth-order valence-corrected chi connectivity index (χ4v) is 4.04. The minimum absolute atomic E-state index is 0.0210. The number of pyridine rings is 1. The van der Waals surface area contributed by atoms with E-state index in [2.05, 4.69) is 4.98 Å². The fourth-order valence-electron chi connectivity index (χ4n) is 3.52. The predicted octanol–water partition coefficient (Wildman–Crippen LogP) is 1.80. The second-order valence-electron chi connectivity index (χ2n) is 7.28. The molecule has 0 aliphatic carbocycles. The molecule has 9 heteroatoms. The molecular formula is C19H21N3O5S. The Kier molecular flexibility index (Phi) is 4.42. The number of nitrogens with zero attached hydrogens (tertiary/aromatic N) is 1. The Bertz CT molecular complexity index is 1190. The highest BCUT2D eigenvalue weighted by Gasteiger charge is 2.33. The Hall–Kier alpha value is -2.46. The van der Waals surface area contributed by atoms with Gasteiger partial charge in [-0.25, -0.2) is 13.6 Å². The lowest BCUT2D eigenvalue weighted by Gasteiger charge is -2.17. The van der Waals surface area contributed by atoms with Crippen LogP contribution in [0.4, 0.5) is 0 Å². The van der Waals surface area contributed by atoms with Gasteiger partial charge < -0.3 is 19.0 Å². The third-order valence-electron chi connectivity index (χ3n) is 4.76. The maximum Gasteiger partial charge on any atom is 0.258 e. The van der Waals surface area contributed by atoms with E-state index in [1.165, 1.54) is 12.1 Å². The number of ether oxygens (including phenoxy) is 2. The summed E-state index contributed by atoms with van der Waals surface area (Å²) in [6.45, 7) is 4.72. The van der Waals surface area contributed by atoms with Crippen LogP contribution in [0.3, 0.4) is 0 Å². The molecule has 1 unspecified atom stereocenters. The molecule has 8 nitrogen and oxygen atoms in total. The molecule has 3 N–H and O–H groups in total. The molecule has 0 radical (unpaired) electrons. The number of sulfonamides is 1. The highest BCUT2D eigenvalue weighted by Crippen LogP contribution is 2.30. The van der Waals surface area contributed by atoms with Gasteiger partial charge in [-0.3, -0.25) is 4.79 Å². The zero-order chi connectivity index (χ0) is 20.1. The Labute approximate surface area is 161 Å². The van der Waals surface area contributed by atoms with Crippen molar-refractivity contribution in [2.24, 2.45) is 5.14 Å². The summed E-state index contributed by atoms with van der Waals surface area (Å²) in [7, 11) is -3.78. The number of hydrogen-bond acceptors (Lipinski definition) is 5. The van der Waals surface area contributed by atoms with Gasteiger partial charge in [-0.05, 0) is 37.6 Å². The highest BCUT2D eigenvalue weighted by molar-refractivity contribution is 7.89. The average molecular weight is 403 g/mol. The Morgan fingerprint density at radius 2 is 1.96 bits per heavy atom. The van der Waals surface area contributed by atoms with Crippen molar-refractivity contribution >= 4 is 20.9 Å². The van der Waals surface area contributed by atoms with Crippen molar-refractivity contribution in [1.29, 1.82) is 0 Å². The van der Waals surface area contributed by atoms with Crippen LogP contribution in [-0.2, 0) is 26.0 Å². The van der Waals surface area contributed by atoms with Gasteiger partial charge in [0.05, 0.1) is 29.0 Å². The third kappa shape index (κ3) is 3.49. The first-order valence-corrected chi connectivity index (χ1v) is 10.3. The molecule has 1 aliphatic heterocycles. The zero-order valence-electron chi connectivity index (χ0n) is 15.5. The molecule has 2 aromatic heterocycles. The second-order valence-corrected chi connectivity index (χ2v) is 8.84. The molecule has 0 saturated carbocycles. The van der Waals surface area contributed by atoms with Gasteiger partial charge in [0.2, 0.25) is 10.0 Å². The normalized spacial score (nSPS) is 19.3. The van der Waals surface area contributed by atoms with E-state index in [0.29, 0.717) is 24.1 Å². The van der Waals surface area contributed by atoms with Crippen LogP contribution in [0.25, 0.3) is 22.0 Å². The average Bonchev–Trinajstić information content (AvgIpc) is 3.16. The largest absolute Gasteiger partial charge is 0.348 e. The number of nitrogens with two attached hydrogens (primary N) is 1. The van der Waals surface area contributed by atoms with Crippen molar-refractivity contribution in [2.45, 2.75) is 37.2 Å². The summed E-state index contributed by atoms with van der Waals surface area (Å²) in [5.41, 5.74) is 1.97. The standard InChI is InChI=1S/C19H21N3O5S/c1-19(2)26-11-13(27-19)9-22-10-15(17-16(22)7-8-21-18(17)23)12-3-5-14(6-4-12)28(20,24)25/h3-8,10,13H,9,11H2,1-2H3,(H,21,23)(H2,20,24,25). The van der Waals surface area contributed by atoms with Crippen molar-refractivity contribution in [3.63, 3.8) is 0 Å². The number of H-pyrrole nitrogens is 1. The van der Waals surface area contributed by atoms with Crippen LogP contribution >= 0.6 is 0 Å². The van der Waals surface area contributed by atoms with Crippen molar-refractivity contribution in [3.05, 3.63) is 53.1 Å². The molecular weight excluding hydrogens is 382 g/mol. The first-order chi connectivity index (χ1) is 13.1. The van der Waals surface area contributed by atoms with Gasteiger partial charge in [-0.15, -0.1) is 0 Å². The summed E-state index contributed by atoms with van der Waals surface area (Å²) in [6.07, 6.45) is 3.34. The fraction of sp³-hybridized carbons (Fsp3) is 0.316. The van der Waals surface area contributed by atoms with Crippen LogP contribution in [0, 0.1) is 0 Å².